The monoisotopic (exact) mass is 369 g/mol. The molecule has 0 amide bonds. The Kier molecular flexibility index (Phi) is 6.36. The summed E-state index contributed by atoms with van der Waals surface area (Å²) in [4.78, 5) is 8.38. The highest BCUT2D eigenvalue weighted by Crippen LogP contribution is 2.34. The quantitative estimate of drug-likeness (QED) is 0.657. The number of aryl methyl sites for hydroxylation is 1. The fourth-order valence-corrected chi connectivity index (χ4v) is 4.12. The third kappa shape index (κ3) is 4.67. The summed E-state index contributed by atoms with van der Waals surface area (Å²) in [6.07, 6.45) is 4.61. The molecule has 0 atom stereocenters. The minimum Gasteiger partial charge on any atom is -0.345 e. The summed E-state index contributed by atoms with van der Waals surface area (Å²) in [6, 6.07) is 10.9. The van der Waals surface area contributed by atoms with Crippen LogP contribution in [0.2, 0.25) is 0 Å². The lowest BCUT2D eigenvalue weighted by Gasteiger charge is -2.28. The van der Waals surface area contributed by atoms with Crippen LogP contribution in [0.1, 0.15) is 62.5 Å². The molecule has 1 aliphatic carbocycles. The van der Waals surface area contributed by atoms with Crippen LogP contribution in [0.5, 0.6) is 0 Å². The number of nitrogens with one attached hydrogen (secondary N) is 3. The zero-order valence-corrected chi connectivity index (χ0v) is 16.5. The summed E-state index contributed by atoms with van der Waals surface area (Å²) in [5, 5.41) is 9.11. The number of aromatic amines is 1. The molecule has 0 radical (unpaired) electrons. The Bertz CT molecular complexity index is 769. The molecule has 0 saturated heterocycles. The molecular formula is C20H27N5S. The van der Waals surface area contributed by atoms with Crippen LogP contribution in [0.15, 0.2) is 24.3 Å². The Morgan fingerprint density at radius 3 is 2.73 bits per heavy atom. The van der Waals surface area contributed by atoms with Crippen molar-refractivity contribution in [3.8, 4) is 17.3 Å². The SMILES string of the molecule is Cc1[nH]c(C2CCC(NSNC(C)C)CC2)nc1-c1cccc(C#N)c1. The lowest BCUT2D eigenvalue weighted by atomic mass is 9.86. The molecule has 0 bridgehead atoms. The largest absolute Gasteiger partial charge is 0.345 e. The molecular weight excluding hydrogens is 342 g/mol. The first-order chi connectivity index (χ1) is 12.6. The van der Waals surface area contributed by atoms with Gasteiger partial charge in [-0.15, -0.1) is 0 Å². The van der Waals surface area contributed by atoms with Crippen molar-refractivity contribution in [2.45, 2.75) is 64.5 Å². The van der Waals surface area contributed by atoms with Crippen molar-refractivity contribution in [3.05, 3.63) is 41.3 Å². The first-order valence-electron chi connectivity index (χ1n) is 9.30. The zero-order valence-electron chi connectivity index (χ0n) is 15.7. The van der Waals surface area contributed by atoms with Crippen LogP contribution in [-0.4, -0.2) is 22.1 Å². The Labute approximate surface area is 160 Å². The molecule has 6 heteroatoms. The summed E-state index contributed by atoms with van der Waals surface area (Å²) < 4.78 is 6.86. The van der Waals surface area contributed by atoms with E-state index in [9.17, 15) is 0 Å². The second-order valence-electron chi connectivity index (χ2n) is 7.33. The fourth-order valence-electron chi connectivity index (χ4n) is 3.41. The number of rotatable bonds is 6. The molecule has 1 aromatic heterocycles. The van der Waals surface area contributed by atoms with Gasteiger partial charge in [0.05, 0.1) is 17.3 Å². The van der Waals surface area contributed by atoms with Crippen LogP contribution in [0, 0.1) is 18.3 Å². The van der Waals surface area contributed by atoms with Crippen LogP contribution >= 0.6 is 12.1 Å². The molecule has 2 aromatic rings. The molecule has 3 N–H and O–H groups in total. The highest BCUT2D eigenvalue weighted by atomic mass is 32.2. The van der Waals surface area contributed by atoms with Crippen LogP contribution < -0.4 is 9.44 Å². The first kappa shape index (κ1) is 19.0. The van der Waals surface area contributed by atoms with Crippen molar-refractivity contribution >= 4 is 12.1 Å². The molecule has 5 nitrogen and oxygen atoms in total. The van der Waals surface area contributed by atoms with Gasteiger partial charge in [0.2, 0.25) is 0 Å². The normalized spacial score (nSPS) is 20.3. The van der Waals surface area contributed by atoms with Gasteiger partial charge in [-0.25, -0.2) is 14.4 Å². The fraction of sp³-hybridized carbons (Fsp3) is 0.500. The minimum absolute atomic E-state index is 0.480. The van der Waals surface area contributed by atoms with Crippen molar-refractivity contribution in [3.63, 3.8) is 0 Å². The summed E-state index contributed by atoms with van der Waals surface area (Å²) >= 11 is 1.62. The molecule has 0 unspecified atom stereocenters. The predicted molar refractivity (Wildman–Crippen MR) is 107 cm³/mol. The molecule has 1 heterocycles. The Hall–Kier alpha value is -1.81. The van der Waals surface area contributed by atoms with Gasteiger partial charge in [-0.1, -0.05) is 12.1 Å². The second kappa shape index (κ2) is 8.72. The van der Waals surface area contributed by atoms with Crippen molar-refractivity contribution in [2.24, 2.45) is 0 Å². The number of nitrogens with zero attached hydrogens (tertiary/aromatic N) is 2. The van der Waals surface area contributed by atoms with E-state index in [1.807, 2.05) is 24.3 Å². The average molecular weight is 370 g/mol. The molecule has 138 valence electrons. The smallest absolute Gasteiger partial charge is 0.110 e. The van der Waals surface area contributed by atoms with Crippen molar-refractivity contribution in [1.29, 1.82) is 5.26 Å². The van der Waals surface area contributed by atoms with Gasteiger partial charge in [0.15, 0.2) is 0 Å². The molecule has 1 fully saturated rings. The summed E-state index contributed by atoms with van der Waals surface area (Å²) in [6.45, 7) is 6.36. The van der Waals surface area contributed by atoms with E-state index >= 15 is 0 Å². The number of imidazole rings is 1. The molecule has 1 aliphatic rings. The van der Waals surface area contributed by atoms with Gasteiger partial charge < -0.3 is 4.98 Å². The Balaban J connectivity index is 1.62. The highest BCUT2D eigenvalue weighted by molar-refractivity contribution is 7.95. The van der Waals surface area contributed by atoms with Crippen LogP contribution in [0.3, 0.4) is 0 Å². The van der Waals surface area contributed by atoms with E-state index in [2.05, 4.69) is 41.3 Å². The van der Waals surface area contributed by atoms with Crippen molar-refractivity contribution < 1.29 is 0 Å². The first-order valence-corrected chi connectivity index (χ1v) is 10.1. The van der Waals surface area contributed by atoms with E-state index in [1.165, 1.54) is 0 Å². The number of aromatic nitrogens is 2. The van der Waals surface area contributed by atoms with Crippen molar-refractivity contribution in [1.82, 2.24) is 19.4 Å². The van der Waals surface area contributed by atoms with E-state index in [0.717, 1.165) is 48.5 Å². The van der Waals surface area contributed by atoms with Crippen LogP contribution in [-0.2, 0) is 0 Å². The minimum atomic E-state index is 0.480. The van der Waals surface area contributed by atoms with Gasteiger partial charge in [0, 0.05) is 41.4 Å². The van der Waals surface area contributed by atoms with Gasteiger partial charge in [-0.2, -0.15) is 5.26 Å². The maximum Gasteiger partial charge on any atom is 0.110 e. The van der Waals surface area contributed by atoms with Gasteiger partial charge in [-0.05, 0) is 58.6 Å². The number of benzene rings is 1. The maximum atomic E-state index is 9.11. The van der Waals surface area contributed by atoms with E-state index < -0.39 is 0 Å². The molecule has 26 heavy (non-hydrogen) atoms. The van der Waals surface area contributed by atoms with E-state index in [1.54, 1.807) is 12.1 Å². The maximum absolute atomic E-state index is 9.11. The van der Waals surface area contributed by atoms with E-state index in [0.29, 0.717) is 23.6 Å². The standard InChI is InChI=1S/C20H27N5S/c1-13(2)24-26-25-18-9-7-16(8-10-18)20-22-14(3)19(23-20)17-6-4-5-15(11-17)12-21/h4-6,11,13,16,18,24-25H,7-10H2,1-3H3,(H,22,23). The average Bonchev–Trinajstić information content (AvgIpc) is 3.04. The Morgan fingerprint density at radius 2 is 2.04 bits per heavy atom. The second-order valence-corrected chi connectivity index (χ2v) is 8.00. The van der Waals surface area contributed by atoms with Crippen LogP contribution in [0.25, 0.3) is 11.3 Å². The number of hydrogen-bond acceptors (Lipinski definition) is 5. The third-order valence-corrected chi connectivity index (χ3v) is 5.84. The summed E-state index contributed by atoms with van der Waals surface area (Å²) in [7, 11) is 0. The lowest BCUT2D eigenvalue weighted by Crippen LogP contribution is -2.32. The van der Waals surface area contributed by atoms with Crippen LogP contribution in [0.4, 0.5) is 0 Å². The molecule has 0 spiro atoms. The number of nitriles is 1. The van der Waals surface area contributed by atoms with E-state index in [-0.39, 0.29) is 0 Å². The van der Waals surface area contributed by atoms with Gasteiger partial charge in [-0.3, -0.25) is 0 Å². The van der Waals surface area contributed by atoms with Crippen molar-refractivity contribution in [2.75, 3.05) is 0 Å². The van der Waals surface area contributed by atoms with Gasteiger partial charge in [0.25, 0.3) is 0 Å². The number of hydrogen-bond donors (Lipinski definition) is 3. The predicted octanol–water partition coefficient (Wildman–Crippen LogP) is 4.43. The third-order valence-electron chi connectivity index (χ3n) is 4.80. The molecule has 1 aromatic carbocycles. The highest BCUT2D eigenvalue weighted by Gasteiger charge is 2.25. The molecule has 0 aliphatic heterocycles. The van der Waals surface area contributed by atoms with Gasteiger partial charge >= 0.3 is 0 Å². The zero-order chi connectivity index (χ0) is 18.5. The molecule has 1 saturated carbocycles. The molecule has 3 rings (SSSR count). The summed E-state index contributed by atoms with van der Waals surface area (Å²) in [5.74, 6) is 1.58. The summed E-state index contributed by atoms with van der Waals surface area (Å²) in [5.41, 5.74) is 3.72. The lowest BCUT2D eigenvalue weighted by molar-refractivity contribution is 0.372. The Morgan fingerprint density at radius 1 is 1.27 bits per heavy atom. The van der Waals surface area contributed by atoms with Gasteiger partial charge in [0.1, 0.15) is 5.82 Å². The number of H-pyrrole nitrogens is 1. The van der Waals surface area contributed by atoms with E-state index in [4.69, 9.17) is 10.2 Å². The topological polar surface area (TPSA) is 76.5 Å².